The van der Waals surface area contributed by atoms with Gasteiger partial charge in [0.25, 0.3) is 11.5 Å². The van der Waals surface area contributed by atoms with Gasteiger partial charge < -0.3 is 10.2 Å². The van der Waals surface area contributed by atoms with Crippen LogP contribution >= 0.6 is 11.6 Å². The molecule has 0 spiro atoms. The number of likely N-dealkylation sites (tertiary alicyclic amines) is 1. The first kappa shape index (κ1) is 23.0. The van der Waals surface area contributed by atoms with Crippen LogP contribution in [-0.2, 0) is 24.3 Å². The van der Waals surface area contributed by atoms with Crippen molar-refractivity contribution in [2.45, 2.75) is 40.3 Å². The molecule has 3 heterocycles. The highest BCUT2D eigenvalue weighted by Gasteiger charge is 2.37. The van der Waals surface area contributed by atoms with Crippen LogP contribution in [0.4, 0.5) is 0 Å². The van der Waals surface area contributed by atoms with Gasteiger partial charge in [0, 0.05) is 36.2 Å². The maximum Gasteiger partial charge on any atom is 0.265 e. The summed E-state index contributed by atoms with van der Waals surface area (Å²) in [6.45, 7) is 7.59. The molecule has 0 atom stereocenters. The van der Waals surface area contributed by atoms with E-state index in [-0.39, 0.29) is 30.0 Å². The number of hydrogen-bond donors (Lipinski definition) is 1. The molecule has 1 fully saturated rings. The molecule has 0 saturated carbocycles. The molecular weight excluding hydrogens is 440 g/mol. The van der Waals surface area contributed by atoms with Crippen LogP contribution in [0.25, 0.3) is 11.0 Å². The average Bonchev–Trinajstić information content (AvgIpc) is 2.77. The number of aromatic nitrogens is 2. The number of hydrogen-bond acceptors (Lipinski definition) is 4. The third-order valence-corrected chi connectivity index (χ3v) is 6.21. The Morgan fingerprint density at radius 2 is 1.85 bits per heavy atom. The molecule has 0 unspecified atom stereocenters. The fraction of sp³-hybridized carbons (Fsp3) is 0.360. The van der Waals surface area contributed by atoms with Crippen LogP contribution in [0, 0.1) is 5.41 Å². The Hall–Kier alpha value is -3.19. The number of nitrogens with one attached hydrogen (secondary N) is 1. The number of rotatable bonds is 6. The second-order valence-electron chi connectivity index (χ2n) is 9.23. The van der Waals surface area contributed by atoms with Gasteiger partial charge in [-0.15, -0.1) is 0 Å². The molecule has 2 aromatic heterocycles. The Balaban J connectivity index is 1.68. The Labute approximate surface area is 197 Å². The molecule has 0 aliphatic carbocycles. The molecule has 1 saturated heterocycles. The molecule has 1 aromatic carbocycles. The van der Waals surface area contributed by atoms with E-state index in [9.17, 15) is 14.4 Å². The predicted octanol–water partition coefficient (Wildman–Crippen LogP) is 3.41. The molecule has 1 N–H and O–H groups in total. The zero-order chi connectivity index (χ0) is 23.8. The quantitative estimate of drug-likeness (QED) is 0.603. The number of halogens is 1. The molecule has 172 valence electrons. The smallest absolute Gasteiger partial charge is 0.265 e. The lowest BCUT2D eigenvalue weighted by atomic mass is 9.84. The minimum atomic E-state index is -0.523. The van der Waals surface area contributed by atoms with Gasteiger partial charge >= 0.3 is 0 Å². The van der Waals surface area contributed by atoms with Gasteiger partial charge in [-0.3, -0.25) is 19.0 Å². The molecule has 1 aliphatic rings. The Kier molecular flexibility index (Phi) is 6.26. The maximum atomic E-state index is 13.3. The number of pyridine rings is 2. The lowest BCUT2D eigenvalue weighted by molar-refractivity contribution is -0.142. The Morgan fingerprint density at radius 3 is 2.48 bits per heavy atom. The minimum Gasteiger partial charge on any atom is -0.348 e. The molecule has 0 radical (unpaired) electrons. The van der Waals surface area contributed by atoms with Crippen molar-refractivity contribution in [1.29, 1.82) is 0 Å². The van der Waals surface area contributed by atoms with Crippen LogP contribution in [0.2, 0.25) is 5.02 Å². The van der Waals surface area contributed by atoms with Crippen LogP contribution in [0.5, 0.6) is 0 Å². The van der Waals surface area contributed by atoms with Crippen LogP contribution in [-0.4, -0.2) is 39.4 Å². The van der Waals surface area contributed by atoms with E-state index in [1.807, 2.05) is 25.1 Å². The van der Waals surface area contributed by atoms with Gasteiger partial charge in [0.15, 0.2) is 0 Å². The van der Waals surface area contributed by atoms with Gasteiger partial charge in [0.2, 0.25) is 5.91 Å². The van der Waals surface area contributed by atoms with Gasteiger partial charge in [-0.1, -0.05) is 44.5 Å². The highest BCUT2D eigenvalue weighted by atomic mass is 35.5. The fourth-order valence-corrected chi connectivity index (χ4v) is 4.34. The molecule has 0 bridgehead atoms. The number of nitrogens with zero attached hydrogens (tertiary/aromatic N) is 3. The molecule has 3 aromatic rings. The van der Waals surface area contributed by atoms with Crippen molar-refractivity contribution >= 4 is 34.4 Å². The van der Waals surface area contributed by atoms with Crippen molar-refractivity contribution in [2.75, 3.05) is 13.1 Å². The van der Waals surface area contributed by atoms with E-state index < -0.39 is 11.5 Å². The Morgan fingerprint density at radius 1 is 1.15 bits per heavy atom. The number of carbonyl (C=O) groups excluding carboxylic acids is 2. The monoisotopic (exact) mass is 466 g/mol. The summed E-state index contributed by atoms with van der Waals surface area (Å²) in [4.78, 5) is 45.3. The lowest BCUT2D eigenvalue weighted by Crippen LogP contribution is -2.56. The summed E-state index contributed by atoms with van der Waals surface area (Å²) in [5, 5.41) is 4.11. The number of benzene rings is 1. The number of fused-ring (bicyclic) bond motifs is 1. The topological polar surface area (TPSA) is 84.3 Å². The number of amides is 2. The molecule has 33 heavy (non-hydrogen) atoms. The van der Waals surface area contributed by atoms with Crippen LogP contribution in [0.15, 0.2) is 47.4 Å². The van der Waals surface area contributed by atoms with E-state index in [4.69, 9.17) is 11.6 Å². The van der Waals surface area contributed by atoms with E-state index >= 15 is 0 Å². The van der Waals surface area contributed by atoms with E-state index in [1.165, 1.54) is 4.57 Å². The zero-order valence-corrected chi connectivity index (χ0v) is 19.8. The second kappa shape index (κ2) is 8.98. The van der Waals surface area contributed by atoms with E-state index in [0.717, 1.165) is 11.1 Å². The highest BCUT2D eigenvalue weighted by molar-refractivity contribution is 6.30. The van der Waals surface area contributed by atoms with Gasteiger partial charge in [-0.2, -0.15) is 0 Å². The fourth-order valence-electron chi connectivity index (χ4n) is 4.22. The number of carbonyl (C=O) groups is 2. The SMILES string of the molecule is CCc1ccnc2c1cc(C(=O)NCc1ccc(Cl)cc1)c(=O)n2CC(=O)N1CC(C)(C)C1. The summed E-state index contributed by atoms with van der Waals surface area (Å²) < 4.78 is 1.33. The first-order chi connectivity index (χ1) is 15.7. The summed E-state index contributed by atoms with van der Waals surface area (Å²) in [5.41, 5.74) is 1.79. The van der Waals surface area contributed by atoms with Crippen molar-refractivity contribution in [3.05, 3.63) is 74.7 Å². The van der Waals surface area contributed by atoms with E-state index in [0.29, 0.717) is 35.6 Å². The van der Waals surface area contributed by atoms with Gasteiger partial charge in [-0.25, -0.2) is 4.98 Å². The minimum absolute atomic E-state index is 0.00379. The standard InChI is InChI=1S/C25H27ClN4O3/c1-4-17-9-10-27-22-19(17)11-20(23(32)28-12-16-5-7-18(26)8-6-16)24(33)30(22)13-21(31)29-14-25(2,3)15-29/h5-11H,4,12-15H2,1-3H3,(H,28,32). The number of aryl methyl sites for hydroxylation is 1. The largest absolute Gasteiger partial charge is 0.348 e. The summed E-state index contributed by atoms with van der Waals surface area (Å²) in [7, 11) is 0. The van der Waals surface area contributed by atoms with Crippen LogP contribution in [0.3, 0.4) is 0 Å². The van der Waals surface area contributed by atoms with Gasteiger partial charge in [0.1, 0.15) is 17.8 Å². The highest BCUT2D eigenvalue weighted by Crippen LogP contribution is 2.29. The molecule has 7 nitrogen and oxygen atoms in total. The van der Waals surface area contributed by atoms with Crippen molar-refractivity contribution in [3.63, 3.8) is 0 Å². The van der Waals surface area contributed by atoms with E-state index in [1.54, 1.807) is 29.3 Å². The molecule has 1 aliphatic heterocycles. The molecule has 8 heteroatoms. The van der Waals surface area contributed by atoms with Crippen molar-refractivity contribution in [3.8, 4) is 0 Å². The van der Waals surface area contributed by atoms with Crippen molar-refractivity contribution in [1.82, 2.24) is 19.8 Å². The first-order valence-corrected chi connectivity index (χ1v) is 11.4. The second-order valence-corrected chi connectivity index (χ2v) is 9.67. The summed E-state index contributed by atoms with van der Waals surface area (Å²) in [5.74, 6) is -0.644. The van der Waals surface area contributed by atoms with E-state index in [2.05, 4.69) is 24.1 Å². The third kappa shape index (κ3) is 4.78. The first-order valence-electron chi connectivity index (χ1n) is 11.0. The normalized spacial score (nSPS) is 14.7. The summed E-state index contributed by atoms with van der Waals surface area (Å²) in [6.07, 6.45) is 2.34. The molecule has 2 amide bonds. The maximum absolute atomic E-state index is 13.3. The van der Waals surface area contributed by atoms with Crippen molar-refractivity contribution < 1.29 is 9.59 Å². The zero-order valence-electron chi connectivity index (χ0n) is 19.0. The average molecular weight is 467 g/mol. The van der Waals surface area contributed by atoms with Gasteiger partial charge in [0.05, 0.1) is 0 Å². The van der Waals surface area contributed by atoms with Crippen LogP contribution < -0.4 is 10.9 Å². The summed E-state index contributed by atoms with van der Waals surface area (Å²) >= 11 is 5.92. The lowest BCUT2D eigenvalue weighted by Gasteiger charge is -2.45. The van der Waals surface area contributed by atoms with Crippen LogP contribution in [0.1, 0.15) is 42.3 Å². The Bertz CT molecular complexity index is 1270. The van der Waals surface area contributed by atoms with Gasteiger partial charge in [-0.05, 0) is 47.2 Å². The predicted molar refractivity (Wildman–Crippen MR) is 128 cm³/mol. The summed E-state index contributed by atoms with van der Waals surface area (Å²) in [6, 6.07) is 10.6. The molecule has 4 rings (SSSR count). The molecular formula is C25H27ClN4O3. The van der Waals surface area contributed by atoms with Crippen molar-refractivity contribution in [2.24, 2.45) is 5.41 Å². The third-order valence-electron chi connectivity index (χ3n) is 5.96.